The summed E-state index contributed by atoms with van der Waals surface area (Å²) in [7, 11) is 0. The van der Waals surface area contributed by atoms with Crippen LogP contribution < -0.4 is 5.73 Å². The second-order valence-electron chi connectivity index (χ2n) is 4.87. The number of hydrogen-bond acceptors (Lipinski definition) is 3. The predicted octanol–water partition coefficient (Wildman–Crippen LogP) is 5.14. The van der Waals surface area contributed by atoms with Crippen LogP contribution in [0.1, 0.15) is 11.1 Å². The smallest absolute Gasteiger partial charge is 0.154 e. The molecule has 2 N–H and O–H groups in total. The number of aromatic nitrogens is 1. The van der Waals surface area contributed by atoms with Crippen LogP contribution in [0.15, 0.2) is 71.9 Å². The SMILES string of the molecule is Nc1cc(Cl)ccc1C(=Nc1cccnc1Cl)c1ccccc1. The van der Waals surface area contributed by atoms with E-state index in [9.17, 15) is 0 Å². The average molecular weight is 342 g/mol. The van der Waals surface area contributed by atoms with Gasteiger partial charge in [0.2, 0.25) is 0 Å². The van der Waals surface area contributed by atoms with E-state index in [1.54, 1.807) is 24.4 Å². The lowest BCUT2D eigenvalue weighted by Crippen LogP contribution is -2.06. The van der Waals surface area contributed by atoms with Crippen molar-refractivity contribution in [3.63, 3.8) is 0 Å². The molecule has 0 aliphatic heterocycles. The maximum atomic E-state index is 6.14. The molecule has 0 radical (unpaired) electrons. The van der Waals surface area contributed by atoms with E-state index in [0.717, 1.165) is 16.8 Å². The van der Waals surface area contributed by atoms with Gasteiger partial charge in [-0.05, 0) is 30.3 Å². The van der Waals surface area contributed by atoms with Crippen LogP contribution in [0.5, 0.6) is 0 Å². The Morgan fingerprint density at radius 3 is 2.43 bits per heavy atom. The summed E-state index contributed by atoms with van der Waals surface area (Å²) in [5.41, 5.74) is 9.72. The minimum atomic E-state index is 0.341. The molecule has 3 nitrogen and oxygen atoms in total. The number of anilines is 1. The van der Waals surface area contributed by atoms with E-state index in [-0.39, 0.29) is 0 Å². The number of aliphatic imine (C=N–C) groups is 1. The van der Waals surface area contributed by atoms with Crippen LogP contribution in [0.3, 0.4) is 0 Å². The molecule has 0 spiro atoms. The molecule has 5 heteroatoms. The van der Waals surface area contributed by atoms with E-state index >= 15 is 0 Å². The summed E-state index contributed by atoms with van der Waals surface area (Å²) in [6, 6.07) is 18.7. The first-order valence-corrected chi connectivity index (χ1v) is 7.71. The van der Waals surface area contributed by atoms with Gasteiger partial charge in [-0.25, -0.2) is 9.98 Å². The topological polar surface area (TPSA) is 51.3 Å². The van der Waals surface area contributed by atoms with Gasteiger partial charge in [-0.3, -0.25) is 0 Å². The lowest BCUT2D eigenvalue weighted by molar-refractivity contribution is 1.30. The lowest BCUT2D eigenvalue weighted by Gasteiger charge is -2.11. The Morgan fingerprint density at radius 2 is 1.74 bits per heavy atom. The largest absolute Gasteiger partial charge is 0.398 e. The first-order valence-electron chi connectivity index (χ1n) is 6.95. The van der Waals surface area contributed by atoms with Gasteiger partial charge in [0, 0.05) is 28.0 Å². The van der Waals surface area contributed by atoms with E-state index in [0.29, 0.717) is 21.6 Å². The summed E-state index contributed by atoms with van der Waals surface area (Å²) in [6.45, 7) is 0. The number of hydrogen-bond donors (Lipinski definition) is 1. The summed E-state index contributed by atoms with van der Waals surface area (Å²) < 4.78 is 0. The van der Waals surface area contributed by atoms with Crippen molar-refractivity contribution in [3.05, 3.63) is 88.2 Å². The molecule has 0 amide bonds. The van der Waals surface area contributed by atoms with E-state index in [1.807, 2.05) is 42.5 Å². The summed E-state index contributed by atoms with van der Waals surface area (Å²) >= 11 is 12.1. The maximum Gasteiger partial charge on any atom is 0.154 e. The predicted molar refractivity (Wildman–Crippen MR) is 96.9 cm³/mol. The van der Waals surface area contributed by atoms with Crippen molar-refractivity contribution >= 4 is 40.3 Å². The number of nitrogen functional groups attached to an aromatic ring is 1. The van der Waals surface area contributed by atoms with Crippen LogP contribution in [0.2, 0.25) is 10.2 Å². The van der Waals surface area contributed by atoms with Crippen molar-refractivity contribution in [2.75, 3.05) is 5.73 Å². The molecule has 1 heterocycles. The number of nitrogens with zero attached hydrogens (tertiary/aromatic N) is 2. The quantitative estimate of drug-likeness (QED) is 0.407. The third kappa shape index (κ3) is 3.52. The molecular formula is C18H13Cl2N3. The lowest BCUT2D eigenvalue weighted by atomic mass is 10.0. The van der Waals surface area contributed by atoms with Crippen LogP contribution in [0.25, 0.3) is 0 Å². The van der Waals surface area contributed by atoms with Crippen LogP contribution in [-0.2, 0) is 0 Å². The summed E-state index contributed by atoms with van der Waals surface area (Å²) in [4.78, 5) is 8.75. The van der Waals surface area contributed by atoms with Gasteiger partial charge in [-0.15, -0.1) is 0 Å². The first kappa shape index (κ1) is 15.5. The number of nitrogens with two attached hydrogens (primary N) is 1. The van der Waals surface area contributed by atoms with Crippen LogP contribution in [0.4, 0.5) is 11.4 Å². The Kier molecular flexibility index (Phi) is 4.60. The summed E-state index contributed by atoms with van der Waals surface area (Å²) in [5, 5.41) is 0.923. The van der Waals surface area contributed by atoms with Crippen LogP contribution in [0, 0.1) is 0 Å². The average Bonchev–Trinajstić information content (AvgIpc) is 2.56. The van der Waals surface area contributed by atoms with Crippen molar-refractivity contribution in [3.8, 4) is 0 Å². The third-order valence-electron chi connectivity index (χ3n) is 3.29. The van der Waals surface area contributed by atoms with E-state index in [2.05, 4.69) is 9.98 Å². The molecule has 114 valence electrons. The maximum absolute atomic E-state index is 6.14. The fourth-order valence-corrected chi connectivity index (χ4v) is 2.55. The van der Waals surface area contributed by atoms with E-state index < -0.39 is 0 Å². The Morgan fingerprint density at radius 1 is 0.957 bits per heavy atom. The fourth-order valence-electron chi connectivity index (χ4n) is 2.21. The molecule has 0 fully saturated rings. The number of rotatable bonds is 3. The zero-order chi connectivity index (χ0) is 16.2. The molecular weight excluding hydrogens is 329 g/mol. The van der Waals surface area contributed by atoms with Gasteiger partial charge in [0.15, 0.2) is 5.15 Å². The molecule has 0 aliphatic carbocycles. The van der Waals surface area contributed by atoms with Crippen LogP contribution >= 0.6 is 23.2 Å². The standard InChI is InChI=1S/C18H13Cl2N3/c19-13-8-9-14(15(21)11-13)17(12-5-2-1-3-6-12)23-16-7-4-10-22-18(16)20/h1-11H,21H2. The first-order chi connectivity index (χ1) is 11.1. The minimum absolute atomic E-state index is 0.341. The van der Waals surface area contributed by atoms with Gasteiger partial charge in [-0.2, -0.15) is 0 Å². The van der Waals surface area contributed by atoms with Crippen molar-refractivity contribution < 1.29 is 0 Å². The highest BCUT2D eigenvalue weighted by atomic mass is 35.5. The monoisotopic (exact) mass is 341 g/mol. The summed E-state index contributed by atoms with van der Waals surface area (Å²) in [6.07, 6.45) is 1.63. The zero-order valence-corrected chi connectivity index (χ0v) is 13.6. The van der Waals surface area contributed by atoms with E-state index in [4.69, 9.17) is 28.9 Å². The highest BCUT2D eigenvalue weighted by Crippen LogP contribution is 2.27. The van der Waals surface area contributed by atoms with Gasteiger partial charge in [-0.1, -0.05) is 53.5 Å². The zero-order valence-electron chi connectivity index (χ0n) is 12.1. The van der Waals surface area contributed by atoms with Crippen molar-refractivity contribution in [2.24, 2.45) is 4.99 Å². The minimum Gasteiger partial charge on any atom is -0.398 e. The Labute approximate surface area is 144 Å². The molecule has 2 aromatic carbocycles. The molecule has 3 rings (SSSR count). The summed E-state index contributed by atoms with van der Waals surface area (Å²) in [5.74, 6) is 0. The highest BCUT2D eigenvalue weighted by molar-refractivity contribution is 6.32. The van der Waals surface area contributed by atoms with Gasteiger partial charge >= 0.3 is 0 Å². The van der Waals surface area contributed by atoms with Gasteiger partial charge < -0.3 is 5.73 Å². The Bertz CT molecular complexity index is 861. The molecule has 3 aromatic rings. The molecule has 23 heavy (non-hydrogen) atoms. The fraction of sp³-hybridized carbons (Fsp3) is 0. The number of benzene rings is 2. The van der Waals surface area contributed by atoms with Gasteiger partial charge in [0.05, 0.1) is 5.71 Å². The van der Waals surface area contributed by atoms with Crippen LogP contribution in [-0.4, -0.2) is 10.7 Å². The van der Waals surface area contributed by atoms with Crippen molar-refractivity contribution in [2.45, 2.75) is 0 Å². The molecule has 0 unspecified atom stereocenters. The van der Waals surface area contributed by atoms with Crippen molar-refractivity contribution in [1.82, 2.24) is 4.98 Å². The normalized spacial score (nSPS) is 11.5. The Balaban J connectivity index is 2.21. The molecule has 1 aromatic heterocycles. The second kappa shape index (κ2) is 6.82. The molecule has 0 saturated carbocycles. The molecule has 0 atom stereocenters. The number of halogens is 2. The number of pyridine rings is 1. The molecule has 0 aliphatic rings. The molecule has 0 saturated heterocycles. The third-order valence-corrected chi connectivity index (χ3v) is 3.81. The Hall–Kier alpha value is -2.36. The van der Waals surface area contributed by atoms with Crippen molar-refractivity contribution in [1.29, 1.82) is 0 Å². The molecule has 0 bridgehead atoms. The second-order valence-corrected chi connectivity index (χ2v) is 5.67. The van der Waals surface area contributed by atoms with E-state index in [1.165, 1.54) is 0 Å². The van der Waals surface area contributed by atoms with Gasteiger partial charge in [0.25, 0.3) is 0 Å². The highest BCUT2D eigenvalue weighted by Gasteiger charge is 2.12. The van der Waals surface area contributed by atoms with Gasteiger partial charge in [0.1, 0.15) is 5.69 Å².